The number of carbonyl (C=O) groups excluding carboxylic acids is 1. The number of imidazole rings is 1. The second-order valence-electron chi connectivity index (χ2n) is 6.40. The highest BCUT2D eigenvalue weighted by Gasteiger charge is 2.35. The van der Waals surface area contributed by atoms with Crippen LogP contribution in [0, 0.1) is 0 Å². The van der Waals surface area contributed by atoms with Crippen molar-refractivity contribution in [2.45, 2.75) is 12.5 Å². The number of fused-ring (bicyclic) bond motifs is 1. The van der Waals surface area contributed by atoms with Crippen LogP contribution in [0.4, 0.5) is 0 Å². The van der Waals surface area contributed by atoms with Gasteiger partial charge in [0.05, 0.1) is 29.5 Å². The SMILES string of the molecule is O=C(Cn1cnc2ccccc21)N1CC(c2nc(-c3cnccn3)no2)C1. The van der Waals surface area contributed by atoms with Crippen LogP contribution in [0.1, 0.15) is 11.8 Å². The van der Waals surface area contributed by atoms with Gasteiger partial charge in [-0.1, -0.05) is 17.3 Å². The minimum Gasteiger partial charge on any atom is -0.339 e. The number of aromatic nitrogens is 6. The maximum Gasteiger partial charge on any atom is 0.242 e. The molecule has 4 heterocycles. The van der Waals surface area contributed by atoms with Gasteiger partial charge in [-0.2, -0.15) is 4.98 Å². The quantitative estimate of drug-likeness (QED) is 0.543. The van der Waals surface area contributed by atoms with Crippen LogP contribution in [0.15, 0.2) is 53.7 Å². The van der Waals surface area contributed by atoms with Gasteiger partial charge in [-0.05, 0) is 12.1 Å². The van der Waals surface area contributed by atoms with E-state index in [1.807, 2.05) is 28.8 Å². The molecule has 4 aromatic rings. The number of likely N-dealkylation sites (tertiary alicyclic amines) is 1. The first-order chi connectivity index (χ1) is 13.3. The van der Waals surface area contributed by atoms with E-state index in [2.05, 4.69) is 25.1 Å². The summed E-state index contributed by atoms with van der Waals surface area (Å²) in [6, 6.07) is 7.76. The average molecular weight is 361 g/mol. The molecule has 134 valence electrons. The minimum absolute atomic E-state index is 0.0445. The van der Waals surface area contributed by atoms with Crippen molar-refractivity contribution < 1.29 is 9.32 Å². The second-order valence-corrected chi connectivity index (χ2v) is 6.40. The Morgan fingerprint density at radius 1 is 1.19 bits per heavy atom. The molecule has 0 saturated carbocycles. The number of para-hydroxylation sites is 2. The smallest absolute Gasteiger partial charge is 0.242 e. The number of rotatable bonds is 4. The van der Waals surface area contributed by atoms with Crippen molar-refractivity contribution in [3.63, 3.8) is 0 Å². The van der Waals surface area contributed by atoms with Crippen molar-refractivity contribution in [3.05, 3.63) is 55.1 Å². The van der Waals surface area contributed by atoms with Crippen molar-refractivity contribution in [3.8, 4) is 11.5 Å². The summed E-state index contributed by atoms with van der Waals surface area (Å²) in [5.74, 6) is 1.02. The molecule has 0 bridgehead atoms. The van der Waals surface area contributed by atoms with Gasteiger partial charge < -0.3 is 14.0 Å². The lowest BCUT2D eigenvalue weighted by atomic mass is 10.00. The second kappa shape index (κ2) is 6.27. The maximum absolute atomic E-state index is 12.5. The number of carbonyl (C=O) groups is 1. The van der Waals surface area contributed by atoms with Crippen LogP contribution in [0.2, 0.25) is 0 Å². The Bertz CT molecular complexity index is 1100. The monoisotopic (exact) mass is 361 g/mol. The molecule has 1 aliphatic heterocycles. The van der Waals surface area contributed by atoms with E-state index in [-0.39, 0.29) is 18.4 Å². The summed E-state index contributed by atoms with van der Waals surface area (Å²) in [6.07, 6.45) is 6.45. The molecule has 1 aliphatic rings. The molecule has 1 fully saturated rings. The summed E-state index contributed by atoms with van der Waals surface area (Å²) in [7, 11) is 0. The summed E-state index contributed by atoms with van der Waals surface area (Å²) in [5, 5.41) is 3.95. The molecular weight excluding hydrogens is 346 g/mol. The van der Waals surface area contributed by atoms with Gasteiger partial charge in [0.15, 0.2) is 0 Å². The van der Waals surface area contributed by atoms with E-state index in [1.165, 1.54) is 0 Å². The molecular formula is C18H15N7O2. The fraction of sp³-hybridized carbons (Fsp3) is 0.222. The first-order valence-electron chi connectivity index (χ1n) is 8.55. The average Bonchev–Trinajstić information content (AvgIpc) is 3.29. The van der Waals surface area contributed by atoms with E-state index >= 15 is 0 Å². The Morgan fingerprint density at radius 2 is 2.07 bits per heavy atom. The Balaban J connectivity index is 1.23. The fourth-order valence-corrected chi connectivity index (χ4v) is 3.14. The Kier molecular flexibility index (Phi) is 3.63. The van der Waals surface area contributed by atoms with E-state index in [4.69, 9.17) is 4.52 Å². The molecule has 1 aromatic carbocycles. The molecule has 1 amide bonds. The van der Waals surface area contributed by atoms with E-state index in [1.54, 1.807) is 29.8 Å². The Morgan fingerprint density at radius 3 is 2.93 bits per heavy atom. The molecule has 27 heavy (non-hydrogen) atoms. The molecule has 0 radical (unpaired) electrons. The minimum atomic E-state index is 0.0445. The summed E-state index contributed by atoms with van der Waals surface area (Å²) in [6.45, 7) is 1.39. The molecule has 0 aliphatic carbocycles. The molecule has 5 rings (SSSR count). The first kappa shape index (κ1) is 15.6. The summed E-state index contributed by atoms with van der Waals surface area (Å²) in [5.41, 5.74) is 2.40. The largest absolute Gasteiger partial charge is 0.339 e. The molecule has 0 spiro atoms. The molecule has 9 nitrogen and oxygen atoms in total. The van der Waals surface area contributed by atoms with E-state index in [9.17, 15) is 4.79 Å². The maximum atomic E-state index is 12.5. The predicted octanol–water partition coefficient (Wildman–Crippen LogP) is 1.50. The van der Waals surface area contributed by atoms with Crippen LogP contribution in [0.3, 0.4) is 0 Å². The lowest BCUT2D eigenvalue weighted by Gasteiger charge is -2.37. The zero-order chi connectivity index (χ0) is 18.2. The number of hydrogen-bond acceptors (Lipinski definition) is 7. The van der Waals surface area contributed by atoms with Crippen LogP contribution in [0.25, 0.3) is 22.6 Å². The van der Waals surface area contributed by atoms with E-state index in [0.717, 1.165) is 11.0 Å². The standard InChI is InChI=1S/C18H15N7O2/c26-16(10-25-11-21-13-3-1-2-4-15(13)25)24-8-12(9-24)18-22-17(23-27-18)14-7-19-5-6-20-14/h1-7,11-12H,8-10H2. The number of nitrogens with zero attached hydrogens (tertiary/aromatic N) is 7. The third-order valence-electron chi connectivity index (χ3n) is 4.65. The summed E-state index contributed by atoms with van der Waals surface area (Å²) in [4.78, 5) is 31.2. The molecule has 0 atom stereocenters. The molecule has 9 heteroatoms. The summed E-state index contributed by atoms with van der Waals surface area (Å²) < 4.78 is 7.20. The number of hydrogen-bond donors (Lipinski definition) is 0. The highest BCUT2D eigenvalue weighted by molar-refractivity contribution is 5.81. The Hall–Kier alpha value is -3.62. The molecule has 0 N–H and O–H groups in total. The van der Waals surface area contributed by atoms with Gasteiger partial charge in [0.1, 0.15) is 12.2 Å². The van der Waals surface area contributed by atoms with E-state index < -0.39 is 0 Å². The zero-order valence-electron chi connectivity index (χ0n) is 14.3. The van der Waals surface area contributed by atoms with Crippen LogP contribution in [0.5, 0.6) is 0 Å². The van der Waals surface area contributed by atoms with Crippen LogP contribution in [-0.2, 0) is 11.3 Å². The van der Waals surface area contributed by atoms with Gasteiger partial charge in [0.25, 0.3) is 0 Å². The van der Waals surface area contributed by atoms with Gasteiger partial charge in [0.2, 0.25) is 17.6 Å². The predicted molar refractivity (Wildman–Crippen MR) is 94.4 cm³/mol. The molecule has 0 unspecified atom stereocenters. The molecule has 3 aromatic heterocycles. The van der Waals surface area contributed by atoms with Crippen LogP contribution < -0.4 is 0 Å². The van der Waals surface area contributed by atoms with Gasteiger partial charge in [-0.15, -0.1) is 0 Å². The van der Waals surface area contributed by atoms with Crippen molar-refractivity contribution >= 4 is 16.9 Å². The van der Waals surface area contributed by atoms with E-state index in [0.29, 0.717) is 30.5 Å². The van der Waals surface area contributed by atoms with Crippen molar-refractivity contribution in [1.82, 2.24) is 34.6 Å². The number of amides is 1. The Labute approximate surface area is 153 Å². The third-order valence-corrected chi connectivity index (χ3v) is 4.65. The van der Waals surface area contributed by atoms with Crippen molar-refractivity contribution in [1.29, 1.82) is 0 Å². The van der Waals surface area contributed by atoms with Crippen molar-refractivity contribution in [2.24, 2.45) is 0 Å². The lowest BCUT2D eigenvalue weighted by molar-refractivity contribution is -0.136. The van der Waals surface area contributed by atoms with Gasteiger partial charge >= 0.3 is 0 Å². The topological polar surface area (TPSA) is 103 Å². The van der Waals surface area contributed by atoms with Gasteiger partial charge in [-0.25, -0.2) is 9.97 Å². The van der Waals surface area contributed by atoms with Crippen molar-refractivity contribution in [2.75, 3.05) is 13.1 Å². The zero-order valence-corrected chi connectivity index (χ0v) is 14.3. The third kappa shape index (κ3) is 2.82. The number of benzene rings is 1. The molecule has 1 saturated heterocycles. The highest BCUT2D eigenvalue weighted by Crippen LogP contribution is 2.27. The van der Waals surface area contributed by atoms with Crippen LogP contribution >= 0.6 is 0 Å². The summed E-state index contributed by atoms with van der Waals surface area (Å²) >= 11 is 0. The highest BCUT2D eigenvalue weighted by atomic mass is 16.5. The van der Waals surface area contributed by atoms with Crippen LogP contribution in [-0.4, -0.2) is 53.6 Å². The lowest BCUT2D eigenvalue weighted by Crippen LogP contribution is -2.49. The van der Waals surface area contributed by atoms with Gasteiger partial charge in [0, 0.05) is 25.5 Å². The fourth-order valence-electron chi connectivity index (χ4n) is 3.14. The first-order valence-corrected chi connectivity index (χ1v) is 8.55. The van der Waals surface area contributed by atoms with Gasteiger partial charge in [-0.3, -0.25) is 9.78 Å². The normalized spacial score (nSPS) is 14.4.